The summed E-state index contributed by atoms with van der Waals surface area (Å²) in [6.45, 7) is 2.05. The lowest BCUT2D eigenvalue weighted by atomic mass is 9.98. The summed E-state index contributed by atoms with van der Waals surface area (Å²) in [5.74, 6) is -0.732. The number of rotatable bonds is 3. The lowest BCUT2D eigenvalue weighted by molar-refractivity contribution is 0.0527. The minimum absolute atomic E-state index is 0.295. The van der Waals surface area contributed by atoms with Crippen LogP contribution in [0.3, 0.4) is 0 Å². The third-order valence-corrected chi connectivity index (χ3v) is 3.94. The fraction of sp³-hybridized carbons (Fsp3) is 0.125. The third kappa shape index (κ3) is 2.52. The molecule has 3 rings (SSSR count). The lowest BCUT2D eigenvalue weighted by Gasteiger charge is -2.10. The number of carbonyl (C=O) groups excluding carboxylic acids is 1. The molecule has 0 saturated carbocycles. The molecule has 0 radical (unpaired) electrons. The van der Waals surface area contributed by atoms with Gasteiger partial charge in [-0.1, -0.05) is 12.1 Å². The second-order valence-corrected chi connectivity index (χ2v) is 5.31. The summed E-state index contributed by atoms with van der Waals surface area (Å²) >= 11 is 1.50. The number of benzene rings is 1. The smallest absolute Gasteiger partial charge is 0.340 e. The van der Waals surface area contributed by atoms with Crippen molar-refractivity contribution < 1.29 is 13.9 Å². The fourth-order valence-electron chi connectivity index (χ4n) is 2.22. The van der Waals surface area contributed by atoms with Gasteiger partial charge in [-0.2, -0.15) is 0 Å². The molecule has 0 fully saturated rings. The Morgan fingerprint density at radius 3 is 2.76 bits per heavy atom. The summed E-state index contributed by atoms with van der Waals surface area (Å²) in [4.78, 5) is 17.3. The van der Waals surface area contributed by atoms with Gasteiger partial charge in [0.2, 0.25) is 0 Å². The van der Waals surface area contributed by atoms with E-state index in [-0.39, 0.29) is 5.82 Å². The Balaban J connectivity index is 2.25. The van der Waals surface area contributed by atoms with Crippen LogP contribution in [0.4, 0.5) is 4.39 Å². The van der Waals surface area contributed by atoms with E-state index in [9.17, 15) is 9.18 Å². The minimum Gasteiger partial charge on any atom is -0.462 e. The summed E-state index contributed by atoms with van der Waals surface area (Å²) in [5.41, 5.74) is 1.90. The van der Waals surface area contributed by atoms with Crippen LogP contribution in [0.1, 0.15) is 17.3 Å². The summed E-state index contributed by atoms with van der Waals surface area (Å²) in [5, 5.41) is 2.79. The lowest BCUT2D eigenvalue weighted by Crippen LogP contribution is -2.07. The zero-order valence-electron chi connectivity index (χ0n) is 11.3. The van der Waals surface area contributed by atoms with E-state index < -0.39 is 5.97 Å². The molecule has 3 aromatic rings. The predicted octanol–water partition coefficient (Wildman–Crippen LogP) is 4.28. The Hall–Kier alpha value is -2.27. The molecule has 0 N–H and O–H groups in total. The van der Waals surface area contributed by atoms with Gasteiger partial charge in [0.05, 0.1) is 12.2 Å². The molecular formula is C16H12FNO2S. The zero-order valence-corrected chi connectivity index (χ0v) is 12.1. The van der Waals surface area contributed by atoms with E-state index in [0.29, 0.717) is 12.2 Å². The van der Waals surface area contributed by atoms with Gasteiger partial charge in [-0.05, 0) is 36.1 Å². The third-order valence-electron chi connectivity index (χ3n) is 3.12. The van der Waals surface area contributed by atoms with Crippen molar-refractivity contribution in [3.8, 4) is 11.1 Å². The minimum atomic E-state index is -0.419. The van der Waals surface area contributed by atoms with Crippen molar-refractivity contribution in [3.63, 3.8) is 0 Å². The number of ether oxygens (including phenoxy) is 1. The molecule has 0 unspecified atom stereocenters. The quantitative estimate of drug-likeness (QED) is 0.678. The van der Waals surface area contributed by atoms with E-state index in [2.05, 4.69) is 4.98 Å². The topological polar surface area (TPSA) is 39.2 Å². The van der Waals surface area contributed by atoms with Crippen molar-refractivity contribution in [2.75, 3.05) is 6.61 Å². The Morgan fingerprint density at radius 1 is 1.29 bits per heavy atom. The first-order valence-electron chi connectivity index (χ1n) is 6.50. The monoisotopic (exact) mass is 301 g/mol. The molecule has 21 heavy (non-hydrogen) atoms. The molecule has 1 aromatic carbocycles. The molecule has 0 bridgehead atoms. The summed E-state index contributed by atoms with van der Waals surface area (Å²) in [7, 11) is 0. The van der Waals surface area contributed by atoms with Gasteiger partial charge >= 0.3 is 5.97 Å². The van der Waals surface area contributed by atoms with Crippen LogP contribution < -0.4 is 0 Å². The van der Waals surface area contributed by atoms with Crippen LogP contribution in [-0.2, 0) is 4.74 Å². The van der Waals surface area contributed by atoms with Gasteiger partial charge in [-0.3, -0.25) is 0 Å². The van der Waals surface area contributed by atoms with Crippen LogP contribution in [0.2, 0.25) is 0 Å². The number of halogens is 1. The summed E-state index contributed by atoms with van der Waals surface area (Å²) in [6, 6.07) is 7.98. The molecule has 2 heterocycles. The number of esters is 1. The van der Waals surface area contributed by atoms with Crippen molar-refractivity contribution in [2.24, 2.45) is 0 Å². The Kier molecular flexibility index (Phi) is 3.66. The SMILES string of the molecule is CCOC(=O)c1cnc2sccc2c1-c1ccc(F)cc1. The van der Waals surface area contributed by atoms with Gasteiger partial charge in [0.15, 0.2) is 0 Å². The van der Waals surface area contributed by atoms with Gasteiger partial charge in [-0.15, -0.1) is 11.3 Å². The molecule has 0 aliphatic carbocycles. The zero-order chi connectivity index (χ0) is 14.8. The predicted molar refractivity (Wildman–Crippen MR) is 81.0 cm³/mol. The van der Waals surface area contributed by atoms with Gasteiger partial charge in [0, 0.05) is 17.1 Å². The molecule has 5 heteroatoms. The molecule has 0 atom stereocenters. The van der Waals surface area contributed by atoms with E-state index in [1.165, 1.54) is 29.7 Å². The molecule has 0 aliphatic heterocycles. The molecule has 0 saturated heterocycles. The average Bonchev–Trinajstić information content (AvgIpc) is 2.96. The van der Waals surface area contributed by atoms with Crippen molar-refractivity contribution in [3.05, 3.63) is 53.3 Å². The first-order chi connectivity index (χ1) is 10.2. The number of fused-ring (bicyclic) bond motifs is 1. The highest BCUT2D eigenvalue weighted by Crippen LogP contribution is 2.34. The first kappa shape index (κ1) is 13.7. The Morgan fingerprint density at radius 2 is 2.05 bits per heavy atom. The maximum Gasteiger partial charge on any atom is 0.340 e. The van der Waals surface area contributed by atoms with Crippen LogP contribution >= 0.6 is 11.3 Å². The standard InChI is InChI=1S/C16H12FNO2S/c1-2-20-16(19)13-9-18-15-12(7-8-21-15)14(13)10-3-5-11(17)6-4-10/h3-9H,2H2,1H3. The van der Waals surface area contributed by atoms with E-state index >= 15 is 0 Å². The Labute approximate surface area is 125 Å². The molecular weight excluding hydrogens is 289 g/mol. The average molecular weight is 301 g/mol. The molecule has 0 amide bonds. The van der Waals surface area contributed by atoms with Crippen LogP contribution in [0.25, 0.3) is 21.3 Å². The van der Waals surface area contributed by atoms with E-state index in [1.54, 1.807) is 19.1 Å². The number of hydrogen-bond donors (Lipinski definition) is 0. The number of carbonyl (C=O) groups is 1. The number of hydrogen-bond acceptors (Lipinski definition) is 4. The van der Waals surface area contributed by atoms with Crippen molar-refractivity contribution >= 4 is 27.5 Å². The second kappa shape index (κ2) is 5.61. The van der Waals surface area contributed by atoms with Crippen LogP contribution in [0.15, 0.2) is 41.9 Å². The molecule has 2 aromatic heterocycles. The fourth-order valence-corrected chi connectivity index (χ4v) is 2.96. The first-order valence-corrected chi connectivity index (χ1v) is 7.38. The highest BCUT2D eigenvalue weighted by molar-refractivity contribution is 7.16. The van der Waals surface area contributed by atoms with E-state index in [0.717, 1.165) is 21.3 Å². The van der Waals surface area contributed by atoms with E-state index in [4.69, 9.17) is 4.74 Å². The summed E-state index contributed by atoms with van der Waals surface area (Å²) in [6.07, 6.45) is 1.52. The highest BCUT2D eigenvalue weighted by Gasteiger charge is 2.18. The number of pyridine rings is 1. The second-order valence-electron chi connectivity index (χ2n) is 4.41. The van der Waals surface area contributed by atoms with Gasteiger partial charge in [-0.25, -0.2) is 14.2 Å². The largest absolute Gasteiger partial charge is 0.462 e. The molecule has 106 valence electrons. The van der Waals surface area contributed by atoms with Crippen molar-refractivity contribution in [1.29, 1.82) is 0 Å². The van der Waals surface area contributed by atoms with Crippen molar-refractivity contribution in [1.82, 2.24) is 4.98 Å². The summed E-state index contributed by atoms with van der Waals surface area (Å²) < 4.78 is 18.2. The molecule has 3 nitrogen and oxygen atoms in total. The normalized spacial score (nSPS) is 10.8. The highest BCUT2D eigenvalue weighted by atomic mass is 32.1. The maximum absolute atomic E-state index is 13.1. The number of aromatic nitrogens is 1. The van der Waals surface area contributed by atoms with E-state index in [1.807, 2.05) is 11.4 Å². The van der Waals surface area contributed by atoms with Gasteiger partial charge in [0.25, 0.3) is 0 Å². The molecule has 0 spiro atoms. The van der Waals surface area contributed by atoms with Gasteiger partial charge < -0.3 is 4.74 Å². The van der Waals surface area contributed by atoms with Crippen LogP contribution in [0.5, 0.6) is 0 Å². The number of thiophene rings is 1. The van der Waals surface area contributed by atoms with Crippen molar-refractivity contribution in [2.45, 2.75) is 6.92 Å². The number of nitrogens with zero attached hydrogens (tertiary/aromatic N) is 1. The Bertz CT molecular complexity index is 796. The van der Waals surface area contributed by atoms with Crippen LogP contribution in [-0.4, -0.2) is 17.6 Å². The van der Waals surface area contributed by atoms with Crippen LogP contribution in [0, 0.1) is 5.82 Å². The van der Waals surface area contributed by atoms with Gasteiger partial charge in [0.1, 0.15) is 10.6 Å². The maximum atomic E-state index is 13.1. The molecule has 0 aliphatic rings.